The van der Waals surface area contributed by atoms with Crippen LogP contribution in [0.2, 0.25) is 0 Å². The van der Waals surface area contributed by atoms with E-state index in [2.05, 4.69) is 5.32 Å². The molecule has 7 heteroatoms. The molecule has 1 aliphatic rings. The van der Waals surface area contributed by atoms with Gasteiger partial charge < -0.3 is 14.6 Å². The number of fused-ring (bicyclic) bond motifs is 1. The lowest BCUT2D eigenvalue weighted by Gasteiger charge is -2.35. The third kappa shape index (κ3) is 3.38. The number of rotatable bonds is 3. The van der Waals surface area contributed by atoms with E-state index in [1.165, 1.54) is 17.2 Å². The predicted octanol–water partition coefficient (Wildman–Crippen LogP) is 3.76. The molecule has 5 nitrogen and oxygen atoms in total. The Balaban J connectivity index is 1.65. The van der Waals surface area contributed by atoms with Crippen LogP contribution in [0.1, 0.15) is 21.7 Å². The summed E-state index contributed by atoms with van der Waals surface area (Å²) in [5.41, 5.74) is 1.72. The third-order valence-electron chi connectivity index (χ3n) is 4.73. The molecule has 2 amide bonds. The normalized spacial score (nSPS) is 15.8. The Labute approximate surface area is 159 Å². The quantitative estimate of drug-likeness (QED) is 0.750. The number of nitrogens with one attached hydrogen (secondary N) is 1. The van der Waals surface area contributed by atoms with Crippen molar-refractivity contribution < 1.29 is 22.8 Å². The van der Waals surface area contributed by atoms with E-state index in [-0.39, 0.29) is 24.4 Å². The minimum absolute atomic E-state index is 0.116. The molecule has 142 valence electrons. The molecule has 1 atom stereocenters. The average molecular weight is 382 g/mol. The van der Waals surface area contributed by atoms with Crippen molar-refractivity contribution in [2.24, 2.45) is 0 Å². The van der Waals surface area contributed by atoms with Gasteiger partial charge >= 0.3 is 0 Å². The van der Waals surface area contributed by atoms with Crippen LogP contribution in [0.3, 0.4) is 0 Å². The van der Waals surface area contributed by atoms with Crippen LogP contribution in [0.15, 0.2) is 65.3 Å². The summed E-state index contributed by atoms with van der Waals surface area (Å²) >= 11 is 0. The number of amides is 2. The summed E-state index contributed by atoms with van der Waals surface area (Å²) in [7, 11) is 0. The molecular formula is C21H16F2N2O3. The molecule has 1 N–H and O–H groups in total. The lowest BCUT2D eigenvalue weighted by Crippen LogP contribution is -2.50. The minimum atomic E-state index is -0.881. The van der Waals surface area contributed by atoms with Gasteiger partial charge in [0.15, 0.2) is 5.76 Å². The van der Waals surface area contributed by atoms with Crippen molar-refractivity contribution in [3.05, 3.63) is 89.4 Å². The second kappa shape index (κ2) is 7.26. The first-order valence-electron chi connectivity index (χ1n) is 8.70. The van der Waals surface area contributed by atoms with Crippen LogP contribution in [0.25, 0.3) is 0 Å². The van der Waals surface area contributed by atoms with Crippen LogP contribution in [-0.4, -0.2) is 22.8 Å². The highest BCUT2D eigenvalue weighted by atomic mass is 19.1. The van der Waals surface area contributed by atoms with E-state index in [9.17, 15) is 18.4 Å². The van der Waals surface area contributed by atoms with Gasteiger partial charge in [0.2, 0.25) is 5.91 Å². The molecule has 28 heavy (non-hydrogen) atoms. The Kier molecular flexibility index (Phi) is 4.65. The van der Waals surface area contributed by atoms with Crippen LogP contribution in [-0.2, 0) is 17.8 Å². The molecule has 1 aromatic heterocycles. The number of furan rings is 1. The fourth-order valence-corrected chi connectivity index (χ4v) is 3.32. The van der Waals surface area contributed by atoms with Crippen LogP contribution >= 0.6 is 0 Å². The van der Waals surface area contributed by atoms with Crippen molar-refractivity contribution in [2.75, 3.05) is 5.32 Å². The summed E-state index contributed by atoms with van der Waals surface area (Å²) in [6.07, 6.45) is 1.66. The number of carbonyl (C=O) groups is 2. The summed E-state index contributed by atoms with van der Waals surface area (Å²) in [4.78, 5) is 27.2. The molecule has 2 aromatic carbocycles. The number of nitrogens with zero attached hydrogens (tertiary/aromatic N) is 1. The molecule has 0 radical (unpaired) electrons. The van der Waals surface area contributed by atoms with Crippen molar-refractivity contribution in [2.45, 2.75) is 19.0 Å². The van der Waals surface area contributed by atoms with Crippen LogP contribution in [0.5, 0.6) is 0 Å². The third-order valence-corrected chi connectivity index (χ3v) is 4.73. The van der Waals surface area contributed by atoms with Gasteiger partial charge in [-0.3, -0.25) is 9.59 Å². The number of benzene rings is 2. The van der Waals surface area contributed by atoms with Gasteiger partial charge in [0, 0.05) is 19.0 Å². The number of anilines is 1. The molecule has 0 saturated carbocycles. The van der Waals surface area contributed by atoms with Gasteiger partial charge in [-0.25, -0.2) is 8.78 Å². The van der Waals surface area contributed by atoms with E-state index in [1.807, 2.05) is 24.3 Å². The summed E-state index contributed by atoms with van der Waals surface area (Å²) in [6.45, 7) is 0.222. The molecule has 0 bridgehead atoms. The van der Waals surface area contributed by atoms with E-state index in [0.717, 1.165) is 23.3 Å². The van der Waals surface area contributed by atoms with E-state index in [4.69, 9.17) is 4.42 Å². The van der Waals surface area contributed by atoms with Crippen molar-refractivity contribution in [3.63, 3.8) is 0 Å². The summed E-state index contributed by atoms with van der Waals surface area (Å²) in [5, 5.41) is 2.46. The van der Waals surface area contributed by atoms with Gasteiger partial charge in [0.1, 0.15) is 17.7 Å². The summed E-state index contributed by atoms with van der Waals surface area (Å²) < 4.78 is 32.3. The molecule has 1 aliphatic heterocycles. The minimum Gasteiger partial charge on any atom is -0.459 e. The first-order valence-corrected chi connectivity index (χ1v) is 8.70. The van der Waals surface area contributed by atoms with Crippen molar-refractivity contribution in [3.8, 4) is 0 Å². The maximum Gasteiger partial charge on any atom is 0.290 e. The molecule has 0 saturated heterocycles. The van der Waals surface area contributed by atoms with Gasteiger partial charge in [-0.05, 0) is 35.4 Å². The fourth-order valence-electron chi connectivity index (χ4n) is 3.32. The Morgan fingerprint density at radius 1 is 1.04 bits per heavy atom. The second-order valence-electron chi connectivity index (χ2n) is 6.51. The lowest BCUT2D eigenvalue weighted by atomic mass is 9.93. The highest BCUT2D eigenvalue weighted by molar-refractivity contribution is 6.00. The van der Waals surface area contributed by atoms with Gasteiger partial charge in [0.05, 0.1) is 12.0 Å². The van der Waals surface area contributed by atoms with Crippen molar-refractivity contribution in [1.29, 1.82) is 0 Å². The van der Waals surface area contributed by atoms with Crippen molar-refractivity contribution in [1.82, 2.24) is 4.90 Å². The molecule has 4 rings (SSSR count). The highest BCUT2D eigenvalue weighted by Crippen LogP contribution is 2.26. The van der Waals surface area contributed by atoms with Crippen molar-refractivity contribution >= 4 is 17.5 Å². The molecule has 0 fully saturated rings. The highest BCUT2D eigenvalue weighted by Gasteiger charge is 2.36. The van der Waals surface area contributed by atoms with E-state index >= 15 is 0 Å². The summed E-state index contributed by atoms with van der Waals surface area (Å²) in [6, 6.07) is 12.7. The molecule has 0 aliphatic carbocycles. The number of carbonyl (C=O) groups excluding carboxylic acids is 2. The van der Waals surface area contributed by atoms with Crippen LogP contribution in [0.4, 0.5) is 14.5 Å². The molecule has 3 aromatic rings. The van der Waals surface area contributed by atoms with Crippen LogP contribution in [0, 0.1) is 11.6 Å². The topological polar surface area (TPSA) is 62.6 Å². The van der Waals surface area contributed by atoms with E-state index in [0.29, 0.717) is 6.07 Å². The Bertz CT molecular complexity index is 1030. The zero-order valence-corrected chi connectivity index (χ0v) is 14.7. The fraction of sp³-hybridized carbons (Fsp3) is 0.143. The molecule has 0 spiro atoms. The first kappa shape index (κ1) is 17.9. The van der Waals surface area contributed by atoms with Gasteiger partial charge in [-0.15, -0.1) is 0 Å². The Hall–Kier alpha value is -3.48. The van der Waals surface area contributed by atoms with E-state index in [1.54, 1.807) is 6.07 Å². The Morgan fingerprint density at radius 2 is 1.82 bits per heavy atom. The number of hydrogen-bond acceptors (Lipinski definition) is 3. The monoisotopic (exact) mass is 382 g/mol. The standard InChI is InChI=1S/C21H16F2N2O3/c22-15-7-8-17(16(23)11-15)24-20(26)18-10-13-4-1-2-5-14(13)12-25(18)21(27)19-6-3-9-28-19/h1-9,11,18H,10,12H2,(H,24,26)/t18-/m0/s1. The lowest BCUT2D eigenvalue weighted by molar-refractivity contribution is -0.121. The number of halogens is 2. The van der Waals surface area contributed by atoms with Gasteiger partial charge in [0.25, 0.3) is 5.91 Å². The largest absolute Gasteiger partial charge is 0.459 e. The molecule has 0 unspecified atom stereocenters. The smallest absolute Gasteiger partial charge is 0.290 e. The maximum absolute atomic E-state index is 13.9. The van der Waals surface area contributed by atoms with E-state index < -0.39 is 29.5 Å². The number of hydrogen-bond donors (Lipinski definition) is 1. The van der Waals surface area contributed by atoms with Gasteiger partial charge in [-0.1, -0.05) is 24.3 Å². The molecule has 2 heterocycles. The zero-order chi connectivity index (χ0) is 19.7. The van der Waals surface area contributed by atoms with Gasteiger partial charge in [-0.2, -0.15) is 0 Å². The summed E-state index contributed by atoms with van der Waals surface area (Å²) in [5.74, 6) is -2.49. The average Bonchev–Trinajstić information content (AvgIpc) is 3.23. The second-order valence-corrected chi connectivity index (χ2v) is 6.51. The first-order chi connectivity index (χ1) is 13.5. The zero-order valence-electron chi connectivity index (χ0n) is 14.7. The van der Waals surface area contributed by atoms with Crippen LogP contribution < -0.4 is 5.32 Å². The molecular weight excluding hydrogens is 366 g/mol. The maximum atomic E-state index is 13.9. The Morgan fingerprint density at radius 3 is 2.54 bits per heavy atom. The SMILES string of the molecule is O=C(Nc1ccc(F)cc1F)[C@@H]1Cc2ccccc2CN1C(=O)c1ccco1. The predicted molar refractivity (Wildman–Crippen MR) is 97.5 cm³/mol.